The van der Waals surface area contributed by atoms with Gasteiger partial charge in [-0.1, -0.05) is 54.6 Å². The van der Waals surface area contributed by atoms with E-state index in [0.717, 1.165) is 49.4 Å². The number of fused-ring (bicyclic) bond motifs is 3. The molecule has 0 aliphatic carbocycles. The van der Waals surface area contributed by atoms with Crippen LogP contribution < -0.4 is 10.6 Å². The van der Waals surface area contributed by atoms with Crippen molar-refractivity contribution in [2.24, 2.45) is 0 Å². The van der Waals surface area contributed by atoms with Crippen molar-refractivity contribution in [1.29, 1.82) is 0 Å². The summed E-state index contributed by atoms with van der Waals surface area (Å²) in [7, 11) is 0. The second kappa shape index (κ2) is 11.4. The number of ether oxygens (including phenoxy) is 1. The Kier molecular flexibility index (Phi) is 7.22. The molecular weight excluding hydrogens is 502 g/mol. The molecule has 0 fully saturated rings. The molecule has 0 saturated heterocycles. The van der Waals surface area contributed by atoms with Gasteiger partial charge >= 0.3 is 6.09 Å². The lowest BCUT2D eigenvalue weighted by molar-refractivity contribution is -0.123. The molecule has 202 valence electrons. The first-order valence-corrected chi connectivity index (χ1v) is 13.5. The zero-order valence-corrected chi connectivity index (χ0v) is 22.0. The number of para-hydroxylation sites is 3. The summed E-state index contributed by atoms with van der Waals surface area (Å²) >= 11 is 0. The topological polar surface area (TPSA) is 115 Å². The van der Waals surface area contributed by atoms with Crippen LogP contribution in [-0.4, -0.2) is 46.1 Å². The Morgan fingerprint density at radius 2 is 1.18 bits per heavy atom. The standard InChI is InChI=1S/C32H31N5O3/c38-31(33-15-13-21-18-34-27-10-4-1-7-24(21)27)30(17-23-20-36-29-12-6-3-9-26(23)29)37-32(39)40-16-14-22-19-35-28-11-5-2-8-25(22)28/h1-12,18-20,30,34-36H,13-17H2,(H,33,38)(H,37,39)/t30-/m0/s1. The monoisotopic (exact) mass is 533 g/mol. The molecule has 0 aliphatic heterocycles. The minimum Gasteiger partial charge on any atom is -0.449 e. The van der Waals surface area contributed by atoms with E-state index in [-0.39, 0.29) is 12.5 Å². The third-order valence-electron chi connectivity index (χ3n) is 7.36. The molecule has 3 heterocycles. The molecule has 6 aromatic rings. The maximum atomic E-state index is 13.3. The number of benzene rings is 3. The lowest BCUT2D eigenvalue weighted by atomic mass is 10.0. The minimum absolute atomic E-state index is 0.204. The number of rotatable bonds is 10. The van der Waals surface area contributed by atoms with Crippen LogP contribution in [0.25, 0.3) is 32.7 Å². The third-order valence-corrected chi connectivity index (χ3v) is 7.36. The molecule has 8 heteroatoms. The van der Waals surface area contributed by atoms with Gasteiger partial charge < -0.3 is 30.3 Å². The number of aromatic amines is 3. The van der Waals surface area contributed by atoms with Crippen LogP contribution in [0, 0.1) is 0 Å². The Morgan fingerprint density at radius 1 is 0.675 bits per heavy atom. The van der Waals surface area contributed by atoms with E-state index in [4.69, 9.17) is 4.74 Å². The largest absolute Gasteiger partial charge is 0.449 e. The first-order chi connectivity index (χ1) is 19.7. The number of alkyl carbamates (subject to hydrolysis) is 1. The number of carbonyl (C=O) groups excluding carboxylic acids is 2. The molecule has 1 atom stereocenters. The van der Waals surface area contributed by atoms with Crippen LogP contribution in [0.4, 0.5) is 4.79 Å². The maximum absolute atomic E-state index is 13.3. The van der Waals surface area contributed by atoms with E-state index in [9.17, 15) is 9.59 Å². The van der Waals surface area contributed by atoms with E-state index in [1.165, 1.54) is 0 Å². The highest BCUT2D eigenvalue weighted by molar-refractivity contribution is 5.89. The highest BCUT2D eigenvalue weighted by atomic mass is 16.5. The first kappa shape index (κ1) is 25.3. The van der Waals surface area contributed by atoms with E-state index in [1.54, 1.807) is 0 Å². The van der Waals surface area contributed by atoms with Gasteiger partial charge in [0.1, 0.15) is 6.04 Å². The van der Waals surface area contributed by atoms with Crippen molar-refractivity contribution in [3.05, 3.63) is 108 Å². The van der Waals surface area contributed by atoms with Gasteiger partial charge in [-0.05, 0) is 41.3 Å². The zero-order chi connectivity index (χ0) is 27.3. The number of H-pyrrole nitrogens is 3. The fraction of sp³-hybridized carbons (Fsp3) is 0.188. The van der Waals surface area contributed by atoms with Crippen molar-refractivity contribution < 1.29 is 14.3 Å². The predicted molar refractivity (Wildman–Crippen MR) is 157 cm³/mol. The number of hydrogen-bond acceptors (Lipinski definition) is 3. The normalized spacial score (nSPS) is 12.1. The van der Waals surface area contributed by atoms with Crippen LogP contribution in [0.15, 0.2) is 91.4 Å². The van der Waals surface area contributed by atoms with E-state index in [2.05, 4.69) is 31.7 Å². The highest BCUT2D eigenvalue weighted by Crippen LogP contribution is 2.21. The highest BCUT2D eigenvalue weighted by Gasteiger charge is 2.23. The number of aromatic nitrogens is 3. The van der Waals surface area contributed by atoms with Gasteiger partial charge in [0.05, 0.1) is 6.61 Å². The second-order valence-electron chi connectivity index (χ2n) is 9.91. The number of carbonyl (C=O) groups is 2. The molecule has 3 aromatic carbocycles. The number of hydrogen-bond donors (Lipinski definition) is 5. The van der Waals surface area contributed by atoms with Crippen LogP contribution in [0.5, 0.6) is 0 Å². The molecule has 0 aliphatic rings. The predicted octanol–water partition coefficient (Wildman–Crippen LogP) is 5.37. The number of nitrogens with one attached hydrogen (secondary N) is 5. The SMILES string of the molecule is O=C(N[C@@H](Cc1c[nH]c2ccccc12)C(=O)NCCc1c[nH]c2ccccc12)OCCc1c[nH]c2ccccc12. The van der Waals surface area contributed by atoms with Gasteiger partial charge in [0, 0.05) is 70.7 Å². The molecule has 2 amide bonds. The summed E-state index contributed by atoms with van der Waals surface area (Å²) in [6, 6.07) is 23.2. The van der Waals surface area contributed by atoms with Crippen LogP contribution in [0.2, 0.25) is 0 Å². The summed E-state index contributed by atoms with van der Waals surface area (Å²) in [4.78, 5) is 35.9. The van der Waals surface area contributed by atoms with E-state index >= 15 is 0 Å². The number of amides is 2. The summed E-state index contributed by atoms with van der Waals surface area (Å²) in [5, 5.41) is 9.10. The minimum atomic E-state index is -0.789. The summed E-state index contributed by atoms with van der Waals surface area (Å²) in [5.74, 6) is -0.251. The molecule has 0 unspecified atom stereocenters. The summed E-state index contributed by atoms with van der Waals surface area (Å²) in [6.45, 7) is 0.651. The fourth-order valence-corrected chi connectivity index (χ4v) is 5.29. The first-order valence-electron chi connectivity index (χ1n) is 13.5. The van der Waals surface area contributed by atoms with Crippen LogP contribution >= 0.6 is 0 Å². The smallest absolute Gasteiger partial charge is 0.407 e. The van der Waals surface area contributed by atoms with E-state index in [1.807, 2.05) is 85.3 Å². The van der Waals surface area contributed by atoms with Crippen LogP contribution in [0.1, 0.15) is 16.7 Å². The Hall–Kier alpha value is -4.98. The lowest BCUT2D eigenvalue weighted by Crippen LogP contribution is -2.48. The molecule has 6 rings (SSSR count). The third kappa shape index (κ3) is 5.42. The summed E-state index contributed by atoms with van der Waals surface area (Å²) in [6.07, 6.45) is 6.76. The van der Waals surface area contributed by atoms with E-state index in [0.29, 0.717) is 25.8 Å². The van der Waals surface area contributed by atoms with Crippen molar-refractivity contribution in [3.63, 3.8) is 0 Å². The van der Waals surface area contributed by atoms with Gasteiger partial charge in [-0.15, -0.1) is 0 Å². The molecule has 0 bridgehead atoms. The average Bonchev–Trinajstić information content (AvgIpc) is 3.70. The lowest BCUT2D eigenvalue weighted by Gasteiger charge is -2.18. The summed E-state index contributed by atoms with van der Waals surface area (Å²) < 4.78 is 5.51. The van der Waals surface area contributed by atoms with Crippen molar-refractivity contribution >= 4 is 44.7 Å². The Morgan fingerprint density at radius 3 is 1.77 bits per heavy atom. The molecule has 0 spiro atoms. The van der Waals surface area contributed by atoms with Gasteiger partial charge in [0.25, 0.3) is 0 Å². The van der Waals surface area contributed by atoms with E-state index < -0.39 is 12.1 Å². The van der Waals surface area contributed by atoms with Crippen molar-refractivity contribution in [2.45, 2.75) is 25.3 Å². The van der Waals surface area contributed by atoms with Crippen molar-refractivity contribution in [2.75, 3.05) is 13.2 Å². The molecule has 5 N–H and O–H groups in total. The van der Waals surface area contributed by atoms with Gasteiger partial charge in [-0.25, -0.2) is 4.79 Å². The van der Waals surface area contributed by atoms with Gasteiger partial charge in [-0.3, -0.25) is 4.79 Å². The average molecular weight is 534 g/mol. The molecule has 0 saturated carbocycles. The Balaban J connectivity index is 1.10. The molecule has 8 nitrogen and oxygen atoms in total. The van der Waals surface area contributed by atoms with Crippen molar-refractivity contribution in [3.8, 4) is 0 Å². The van der Waals surface area contributed by atoms with Gasteiger partial charge in [0.2, 0.25) is 5.91 Å². The Bertz CT molecular complexity index is 1780. The summed E-state index contributed by atoms with van der Waals surface area (Å²) in [5.41, 5.74) is 6.26. The molecule has 3 aromatic heterocycles. The maximum Gasteiger partial charge on any atom is 0.407 e. The van der Waals surface area contributed by atoms with Crippen LogP contribution in [0.3, 0.4) is 0 Å². The fourth-order valence-electron chi connectivity index (χ4n) is 5.29. The van der Waals surface area contributed by atoms with Gasteiger partial charge in [-0.2, -0.15) is 0 Å². The zero-order valence-electron chi connectivity index (χ0n) is 22.0. The Labute approximate surface area is 231 Å². The quantitative estimate of drug-likeness (QED) is 0.163. The van der Waals surface area contributed by atoms with Crippen LogP contribution in [-0.2, 0) is 28.8 Å². The molecular formula is C32H31N5O3. The second-order valence-corrected chi connectivity index (χ2v) is 9.91. The molecule has 40 heavy (non-hydrogen) atoms. The van der Waals surface area contributed by atoms with Gasteiger partial charge in [0.15, 0.2) is 0 Å². The molecule has 0 radical (unpaired) electrons. The van der Waals surface area contributed by atoms with Crippen molar-refractivity contribution in [1.82, 2.24) is 25.6 Å².